The second kappa shape index (κ2) is 7.90. The summed E-state index contributed by atoms with van der Waals surface area (Å²) < 4.78 is 18.8. The van der Waals surface area contributed by atoms with Crippen LogP contribution in [-0.2, 0) is 4.74 Å². The number of carbonyl (C=O) groups excluding carboxylic acids is 2. The summed E-state index contributed by atoms with van der Waals surface area (Å²) >= 11 is 0. The maximum absolute atomic E-state index is 12.7. The summed E-state index contributed by atoms with van der Waals surface area (Å²) in [6, 6.07) is 10.1. The number of pyridine rings is 1. The van der Waals surface area contributed by atoms with Gasteiger partial charge in [0.05, 0.1) is 5.56 Å². The first-order valence-corrected chi connectivity index (χ1v) is 9.42. The van der Waals surface area contributed by atoms with Crippen molar-refractivity contribution in [2.75, 3.05) is 19.8 Å². The first kappa shape index (κ1) is 19.5. The quantitative estimate of drug-likeness (QED) is 0.279. The lowest BCUT2D eigenvalue weighted by Gasteiger charge is -2.20. The molecule has 3 heterocycles. The molecule has 1 aliphatic heterocycles. The maximum Gasteiger partial charge on any atom is 0.339 e. The number of carbonyl (C=O) groups is 2. The summed E-state index contributed by atoms with van der Waals surface area (Å²) in [6.07, 6.45) is 2.39. The smallest absolute Gasteiger partial charge is 0.339 e. The number of ketones is 1. The second-order valence-corrected chi connectivity index (χ2v) is 6.89. The average molecular weight is 408 g/mol. The monoisotopic (exact) mass is 408 g/mol. The van der Waals surface area contributed by atoms with Crippen molar-refractivity contribution in [3.8, 4) is 17.2 Å². The van der Waals surface area contributed by atoms with Crippen molar-refractivity contribution in [2.45, 2.75) is 13.8 Å². The van der Waals surface area contributed by atoms with Gasteiger partial charge in [0.2, 0.25) is 5.78 Å². The number of fused-ring (bicyclic) bond motifs is 1. The number of aryl methyl sites for hydroxylation is 1. The SMILES string of the molecule is Cc1cc(C(=O)COC(=O)c2cc[n+]([O-])cc2)c(C)n1-c1ccc2c(c1)OCCO2. The normalized spacial score (nSPS) is 12.5. The van der Waals surface area contributed by atoms with Crippen molar-refractivity contribution in [2.24, 2.45) is 0 Å². The van der Waals surface area contributed by atoms with Gasteiger partial charge in [0.25, 0.3) is 0 Å². The van der Waals surface area contributed by atoms with Gasteiger partial charge < -0.3 is 24.0 Å². The number of nitrogens with zero attached hydrogens (tertiary/aromatic N) is 2. The molecule has 30 heavy (non-hydrogen) atoms. The van der Waals surface area contributed by atoms with Crippen LogP contribution in [0.15, 0.2) is 48.8 Å². The molecular weight excluding hydrogens is 388 g/mol. The van der Waals surface area contributed by atoms with Gasteiger partial charge in [-0.1, -0.05) is 0 Å². The Morgan fingerprint density at radius 2 is 1.77 bits per heavy atom. The van der Waals surface area contributed by atoms with E-state index in [1.807, 2.05) is 36.6 Å². The van der Waals surface area contributed by atoms with Crippen molar-refractivity contribution in [1.82, 2.24) is 4.57 Å². The molecule has 8 heteroatoms. The topological polar surface area (TPSA) is 93.7 Å². The largest absolute Gasteiger partial charge is 0.619 e. The van der Waals surface area contributed by atoms with Gasteiger partial charge in [-0.2, -0.15) is 4.73 Å². The molecule has 0 radical (unpaired) electrons. The van der Waals surface area contributed by atoms with Crippen molar-refractivity contribution >= 4 is 11.8 Å². The highest BCUT2D eigenvalue weighted by Crippen LogP contribution is 2.33. The van der Waals surface area contributed by atoms with Gasteiger partial charge in [-0.05, 0) is 32.0 Å². The standard InChI is InChI=1S/C22H20N2O6/c1-14-11-18(19(25)13-30-22(26)16-5-7-23(27)8-6-16)15(2)24(14)17-3-4-20-21(12-17)29-10-9-28-20/h3-8,11-12H,9-10,13H2,1-2H3. The van der Waals surface area contributed by atoms with Crippen molar-refractivity contribution < 1.29 is 28.5 Å². The third kappa shape index (κ3) is 3.71. The minimum absolute atomic E-state index is 0.205. The Labute approximate surface area is 172 Å². The molecule has 0 atom stereocenters. The van der Waals surface area contributed by atoms with E-state index in [2.05, 4.69) is 0 Å². The first-order chi connectivity index (χ1) is 14.4. The highest BCUT2D eigenvalue weighted by Gasteiger charge is 2.20. The van der Waals surface area contributed by atoms with Crippen LogP contribution in [-0.4, -0.2) is 36.1 Å². The van der Waals surface area contributed by atoms with Crippen molar-refractivity contribution in [1.29, 1.82) is 0 Å². The zero-order chi connectivity index (χ0) is 21.3. The lowest BCUT2D eigenvalue weighted by molar-refractivity contribution is -0.605. The Balaban J connectivity index is 1.52. The predicted molar refractivity (Wildman–Crippen MR) is 106 cm³/mol. The number of hydrogen-bond donors (Lipinski definition) is 0. The number of hydrogen-bond acceptors (Lipinski definition) is 6. The van der Waals surface area contributed by atoms with Crippen LogP contribution in [0.5, 0.6) is 11.5 Å². The Morgan fingerprint density at radius 3 is 2.50 bits per heavy atom. The molecule has 0 fully saturated rings. The molecule has 2 aromatic heterocycles. The summed E-state index contributed by atoms with van der Waals surface area (Å²) in [5.74, 6) is 0.383. The Bertz CT molecular complexity index is 1120. The molecular formula is C22H20N2O6. The minimum Gasteiger partial charge on any atom is -0.619 e. The van der Waals surface area contributed by atoms with Crippen LogP contribution in [0.2, 0.25) is 0 Å². The Morgan fingerprint density at radius 1 is 1.07 bits per heavy atom. The number of ether oxygens (including phenoxy) is 3. The summed E-state index contributed by atoms with van der Waals surface area (Å²) in [6.45, 7) is 4.35. The fourth-order valence-corrected chi connectivity index (χ4v) is 3.45. The van der Waals surface area contributed by atoms with Crippen LogP contribution in [0, 0.1) is 19.1 Å². The van der Waals surface area contributed by atoms with E-state index in [-0.39, 0.29) is 11.3 Å². The van der Waals surface area contributed by atoms with E-state index in [1.165, 1.54) is 24.5 Å². The van der Waals surface area contributed by atoms with Gasteiger partial charge >= 0.3 is 5.97 Å². The van der Waals surface area contributed by atoms with Crippen molar-refractivity contribution in [3.05, 3.63) is 76.5 Å². The zero-order valence-electron chi connectivity index (χ0n) is 16.6. The van der Waals surface area contributed by atoms with Crippen LogP contribution in [0.4, 0.5) is 0 Å². The molecule has 0 aliphatic carbocycles. The van der Waals surface area contributed by atoms with E-state index < -0.39 is 12.6 Å². The number of aromatic nitrogens is 2. The molecule has 1 aliphatic rings. The minimum atomic E-state index is -0.662. The molecule has 0 bridgehead atoms. The van der Waals surface area contributed by atoms with E-state index in [0.29, 0.717) is 35.0 Å². The fraction of sp³-hybridized carbons (Fsp3) is 0.227. The van der Waals surface area contributed by atoms with Gasteiger partial charge in [-0.15, -0.1) is 0 Å². The van der Waals surface area contributed by atoms with Gasteiger partial charge in [-0.3, -0.25) is 4.79 Å². The molecule has 0 unspecified atom stereocenters. The molecule has 0 amide bonds. The fourth-order valence-electron chi connectivity index (χ4n) is 3.45. The van der Waals surface area contributed by atoms with Gasteiger partial charge in [-0.25, -0.2) is 4.79 Å². The number of benzene rings is 1. The highest BCUT2D eigenvalue weighted by molar-refractivity contribution is 6.00. The number of rotatable bonds is 5. The van der Waals surface area contributed by atoms with Crippen LogP contribution < -0.4 is 14.2 Å². The molecule has 4 rings (SSSR count). The molecule has 0 N–H and O–H groups in total. The average Bonchev–Trinajstić information content (AvgIpc) is 3.06. The lowest BCUT2D eigenvalue weighted by Crippen LogP contribution is -2.24. The molecule has 8 nitrogen and oxygen atoms in total. The van der Waals surface area contributed by atoms with Crippen LogP contribution in [0.3, 0.4) is 0 Å². The van der Waals surface area contributed by atoms with Gasteiger partial charge in [0, 0.05) is 40.8 Å². The molecule has 0 saturated heterocycles. The molecule has 1 aromatic carbocycles. The third-order valence-electron chi connectivity index (χ3n) is 4.89. The van der Waals surface area contributed by atoms with E-state index in [4.69, 9.17) is 14.2 Å². The molecule has 3 aromatic rings. The number of esters is 1. The molecule has 0 saturated carbocycles. The van der Waals surface area contributed by atoms with Gasteiger partial charge in [0.15, 0.2) is 30.5 Å². The van der Waals surface area contributed by atoms with E-state index in [0.717, 1.165) is 17.1 Å². The predicted octanol–water partition coefficient (Wildman–Crippen LogP) is 2.54. The zero-order valence-corrected chi connectivity index (χ0v) is 16.6. The summed E-state index contributed by atoms with van der Waals surface area (Å²) in [5.41, 5.74) is 3.12. The van der Waals surface area contributed by atoms with E-state index >= 15 is 0 Å². The number of Topliss-reactive ketones (excluding diaryl/α,β-unsaturated/α-hetero) is 1. The first-order valence-electron chi connectivity index (χ1n) is 9.42. The summed E-state index contributed by atoms with van der Waals surface area (Å²) in [7, 11) is 0. The highest BCUT2D eigenvalue weighted by atomic mass is 16.6. The second-order valence-electron chi connectivity index (χ2n) is 6.89. The Kier molecular flexibility index (Phi) is 5.14. The maximum atomic E-state index is 12.7. The Hall–Kier alpha value is -3.81. The van der Waals surface area contributed by atoms with Crippen LogP contribution in [0.1, 0.15) is 32.1 Å². The van der Waals surface area contributed by atoms with E-state index in [9.17, 15) is 14.8 Å². The molecule has 0 spiro atoms. The van der Waals surface area contributed by atoms with Crippen LogP contribution >= 0.6 is 0 Å². The third-order valence-corrected chi connectivity index (χ3v) is 4.89. The van der Waals surface area contributed by atoms with E-state index in [1.54, 1.807) is 6.07 Å². The summed E-state index contributed by atoms with van der Waals surface area (Å²) in [4.78, 5) is 24.8. The summed E-state index contributed by atoms with van der Waals surface area (Å²) in [5, 5.41) is 11.1. The van der Waals surface area contributed by atoms with Gasteiger partial charge in [0.1, 0.15) is 13.2 Å². The van der Waals surface area contributed by atoms with Crippen LogP contribution in [0.25, 0.3) is 5.69 Å². The molecule has 154 valence electrons. The lowest BCUT2D eigenvalue weighted by atomic mass is 10.1. The van der Waals surface area contributed by atoms with Crippen molar-refractivity contribution in [3.63, 3.8) is 0 Å².